The smallest absolute Gasteiger partial charge is 0.160 e. The summed E-state index contributed by atoms with van der Waals surface area (Å²) in [5.41, 5.74) is 18.9. The van der Waals surface area contributed by atoms with Crippen LogP contribution in [0.3, 0.4) is 0 Å². The van der Waals surface area contributed by atoms with Gasteiger partial charge >= 0.3 is 0 Å². The van der Waals surface area contributed by atoms with Crippen LogP contribution < -0.4 is 0 Å². The first kappa shape index (κ1) is 32.7. The lowest BCUT2D eigenvalue weighted by molar-refractivity contribution is 0.794. The molecular weight excluding hydrogens is 691 g/mol. The first-order valence-corrected chi connectivity index (χ1v) is 19.3. The zero-order chi connectivity index (χ0) is 37.9. The second kappa shape index (κ2) is 13.0. The maximum atomic E-state index is 10.4. The van der Waals surface area contributed by atoms with Gasteiger partial charge in [0, 0.05) is 22.3 Å². The van der Waals surface area contributed by atoms with Gasteiger partial charge in [-0.1, -0.05) is 176 Å². The summed E-state index contributed by atoms with van der Waals surface area (Å²) in [5.74, 6) is 0.685. The third-order valence-electron chi connectivity index (χ3n) is 11.8. The van der Waals surface area contributed by atoms with Gasteiger partial charge in [-0.2, -0.15) is 5.26 Å². The van der Waals surface area contributed by atoms with Crippen LogP contribution in [0.4, 0.5) is 0 Å². The van der Waals surface area contributed by atoms with Gasteiger partial charge in [0.2, 0.25) is 0 Å². The number of aromatic nitrogens is 2. The molecule has 0 amide bonds. The van der Waals surface area contributed by atoms with E-state index in [1.807, 2.05) is 36.4 Å². The molecule has 3 nitrogen and oxygen atoms in total. The summed E-state index contributed by atoms with van der Waals surface area (Å²) in [6, 6.07) is 73.1. The van der Waals surface area contributed by atoms with Gasteiger partial charge in [-0.3, -0.25) is 0 Å². The highest BCUT2D eigenvalue weighted by Gasteiger charge is 2.52. The lowest BCUT2D eigenvalue weighted by atomic mass is 9.70. The Morgan fingerprint density at radius 1 is 0.351 bits per heavy atom. The van der Waals surface area contributed by atoms with Gasteiger partial charge in [-0.25, -0.2) is 9.97 Å². The highest BCUT2D eigenvalue weighted by atomic mass is 14.9. The van der Waals surface area contributed by atoms with E-state index in [1.54, 1.807) is 0 Å². The van der Waals surface area contributed by atoms with Crippen molar-refractivity contribution in [2.45, 2.75) is 5.41 Å². The van der Waals surface area contributed by atoms with E-state index in [0.29, 0.717) is 11.4 Å². The molecule has 0 fully saturated rings. The Morgan fingerprint density at radius 3 is 1.56 bits per heavy atom. The molecule has 0 bridgehead atoms. The Labute approximate surface area is 331 Å². The second-order valence-corrected chi connectivity index (χ2v) is 14.8. The van der Waals surface area contributed by atoms with E-state index in [1.165, 1.54) is 38.9 Å². The van der Waals surface area contributed by atoms with Crippen molar-refractivity contribution >= 4 is 0 Å². The van der Waals surface area contributed by atoms with E-state index in [9.17, 15) is 5.26 Å². The summed E-state index contributed by atoms with van der Waals surface area (Å²) < 4.78 is 0. The molecule has 0 radical (unpaired) electrons. The van der Waals surface area contributed by atoms with Crippen molar-refractivity contribution in [1.82, 2.24) is 9.97 Å². The van der Waals surface area contributed by atoms with Crippen molar-refractivity contribution in [3.8, 4) is 84.5 Å². The molecule has 0 unspecified atom stereocenters. The summed E-state index contributed by atoms with van der Waals surface area (Å²) >= 11 is 0. The fourth-order valence-electron chi connectivity index (χ4n) is 9.24. The molecule has 1 spiro atoms. The maximum absolute atomic E-state index is 10.4. The van der Waals surface area contributed by atoms with E-state index in [-0.39, 0.29) is 0 Å². The number of benzene rings is 8. The molecule has 2 aliphatic rings. The van der Waals surface area contributed by atoms with Crippen molar-refractivity contribution < 1.29 is 0 Å². The SMILES string of the molecule is N#Cc1cccc2c1-c1ccc(-c3cccc(-c4cc(-c5ccc(-c6ccccc6)cc5)nc(-c5ccccc5)n4)c3)cc1C21c2ccccc2-c2ccccc21. The maximum Gasteiger partial charge on any atom is 0.160 e. The standard InChI is InChI=1S/C54H33N3/c55-34-42-19-12-24-48-52(42)45-30-29-40(32-49(45)54(48)46-22-9-7-20-43(46)44-21-8-10-23-47(44)54)39-17-11-18-41(31-39)51-33-50(56-53(57-51)38-15-5-2-6-16-38)37-27-25-36(26-28-37)35-13-3-1-4-14-35/h1-33H. The van der Waals surface area contributed by atoms with E-state index in [2.05, 4.69) is 170 Å². The molecule has 3 heteroatoms. The van der Waals surface area contributed by atoms with Crippen molar-refractivity contribution in [2.75, 3.05) is 0 Å². The second-order valence-electron chi connectivity index (χ2n) is 14.8. The highest BCUT2D eigenvalue weighted by molar-refractivity contribution is 5.97. The van der Waals surface area contributed by atoms with Crippen molar-refractivity contribution in [3.63, 3.8) is 0 Å². The van der Waals surface area contributed by atoms with E-state index in [0.717, 1.165) is 55.9 Å². The Balaban J connectivity index is 1.06. The molecule has 0 atom stereocenters. The Hall–Kier alpha value is -7.67. The van der Waals surface area contributed by atoms with Gasteiger partial charge in [0.1, 0.15) is 0 Å². The molecule has 0 N–H and O–H groups in total. The van der Waals surface area contributed by atoms with Gasteiger partial charge in [-0.05, 0) is 85.5 Å². The van der Waals surface area contributed by atoms with Crippen LogP contribution in [-0.2, 0) is 5.41 Å². The molecule has 264 valence electrons. The largest absolute Gasteiger partial charge is 0.228 e. The number of nitriles is 1. The van der Waals surface area contributed by atoms with Crippen LogP contribution >= 0.6 is 0 Å². The van der Waals surface area contributed by atoms with Gasteiger partial charge in [-0.15, -0.1) is 0 Å². The number of nitrogens with zero attached hydrogens (tertiary/aromatic N) is 3. The van der Waals surface area contributed by atoms with Crippen LogP contribution in [0.2, 0.25) is 0 Å². The minimum Gasteiger partial charge on any atom is -0.228 e. The first-order valence-electron chi connectivity index (χ1n) is 19.3. The highest BCUT2D eigenvalue weighted by Crippen LogP contribution is 2.63. The summed E-state index contributed by atoms with van der Waals surface area (Å²) in [4.78, 5) is 10.3. The van der Waals surface area contributed by atoms with E-state index < -0.39 is 5.41 Å². The van der Waals surface area contributed by atoms with Gasteiger partial charge in [0.15, 0.2) is 5.82 Å². The molecule has 1 aromatic heterocycles. The minimum absolute atomic E-state index is 0.541. The number of fused-ring (bicyclic) bond motifs is 10. The summed E-state index contributed by atoms with van der Waals surface area (Å²) in [7, 11) is 0. The lowest BCUT2D eigenvalue weighted by Crippen LogP contribution is -2.25. The Morgan fingerprint density at radius 2 is 0.860 bits per heavy atom. The van der Waals surface area contributed by atoms with Gasteiger partial charge in [0.25, 0.3) is 0 Å². The van der Waals surface area contributed by atoms with Crippen LogP contribution in [0.5, 0.6) is 0 Å². The summed E-state index contributed by atoms with van der Waals surface area (Å²) in [6.07, 6.45) is 0. The average Bonchev–Trinajstić information content (AvgIpc) is 3.77. The molecule has 11 rings (SSSR count). The molecule has 0 aliphatic heterocycles. The zero-order valence-electron chi connectivity index (χ0n) is 30.9. The molecule has 8 aromatic carbocycles. The van der Waals surface area contributed by atoms with Gasteiger partial charge in [0.05, 0.1) is 28.4 Å². The number of hydrogen-bond acceptors (Lipinski definition) is 3. The minimum atomic E-state index is -0.541. The molecule has 0 saturated carbocycles. The van der Waals surface area contributed by atoms with Crippen molar-refractivity contribution in [2.24, 2.45) is 0 Å². The summed E-state index contributed by atoms with van der Waals surface area (Å²) in [6.45, 7) is 0. The Bertz CT molecular complexity index is 3020. The molecule has 0 saturated heterocycles. The Kier molecular flexibility index (Phi) is 7.45. The van der Waals surface area contributed by atoms with Crippen molar-refractivity contribution in [3.05, 3.63) is 228 Å². The topological polar surface area (TPSA) is 49.6 Å². The normalized spacial score (nSPS) is 12.7. The van der Waals surface area contributed by atoms with Crippen LogP contribution in [-0.4, -0.2) is 9.97 Å². The van der Waals surface area contributed by atoms with Crippen molar-refractivity contribution in [1.29, 1.82) is 5.26 Å². The molecular formula is C54H33N3. The fourth-order valence-corrected chi connectivity index (χ4v) is 9.24. The molecule has 9 aromatic rings. The third kappa shape index (κ3) is 5.05. The third-order valence-corrected chi connectivity index (χ3v) is 11.8. The van der Waals surface area contributed by atoms with Crippen LogP contribution in [0, 0.1) is 11.3 Å². The predicted molar refractivity (Wildman–Crippen MR) is 230 cm³/mol. The molecule has 57 heavy (non-hydrogen) atoms. The quantitative estimate of drug-likeness (QED) is 0.178. The van der Waals surface area contributed by atoms with Crippen LogP contribution in [0.1, 0.15) is 27.8 Å². The molecule has 2 aliphatic carbocycles. The average molecular weight is 724 g/mol. The van der Waals surface area contributed by atoms with Crippen LogP contribution in [0.15, 0.2) is 200 Å². The van der Waals surface area contributed by atoms with Crippen LogP contribution in [0.25, 0.3) is 78.4 Å². The monoisotopic (exact) mass is 723 g/mol. The van der Waals surface area contributed by atoms with Gasteiger partial charge < -0.3 is 0 Å². The lowest BCUT2D eigenvalue weighted by Gasteiger charge is -2.30. The van der Waals surface area contributed by atoms with E-state index >= 15 is 0 Å². The zero-order valence-corrected chi connectivity index (χ0v) is 30.9. The molecule has 1 heterocycles. The van der Waals surface area contributed by atoms with E-state index in [4.69, 9.17) is 9.97 Å². The summed E-state index contributed by atoms with van der Waals surface area (Å²) in [5, 5.41) is 10.4. The number of hydrogen-bond donors (Lipinski definition) is 0. The predicted octanol–water partition coefficient (Wildman–Crippen LogP) is 13.0. The number of rotatable bonds is 5. The fraction of sp³-hybridized carbons (Fsp3) is 0.0185. The first-order chi connectivity index (χ1) is 28.2.